The summed E-state index contributed by atoms with van der Waals surface area (Å²) in [5, 5.41) is 2.96. The lowest BCUT2D eigenvalue weighted by Gasteiger charge is -2.06. The fourth-order valence-electron chi connectivity index (χ4n) is 1.37. The van der Waals surface area contributed by atoms with Crippen molar-refractivity contribution in [2.75, 3.05) is 11.1 Å². The molecule has 1 heterocycles. The predicted molar refractivity (Wildman–Crippen MR) is 75.8 cm³/mol. The second-order valence-electron chi connectivity index (χ2n) is 3.53. The van der Waals surface area contributed by atoms with Crippen LogP contribution in [0.25, 0.3) is 0 Å². The van der Waals surface area contributed by atoms with E-state index in [1.165, 1.54) is 6.07 Å². The summed E-state index contributed by atoms with van der Waals surface area (Å²) in [7, 11) is 0. The largest absolute Gasteiger partial charge is 0.384 e. The highest BCUT2D eigenvalue weighted by Gasteiger charge is 2.12. The lowest BCUT2D eigenvalue weighted by atomic mass is 10.3. The summed E-state index contributed by atoms with van der Waals surface area (Å²) in [6.45, 7) is 0. The van der Waals surface area contributed by atoms with Crippen LogP contribution in [0.4, 0.5) is 11.5 Å². The van der Waals surface area contributed by atoms with Crippen molar-refractivity contribution in [1.82, 2.24) is 4.98 Å². The zero-order valence-electron chi connectivity index (χ0n) is 9.15. The van der Waals surface area contributed by atoms with Gasteiger partial charge in [-0.1, -0.05) is 33.6 Å². The monoisotopic (exact) mass is 325 g/mol. The van der Waals surface area contributed by atoms with E-state index in [1.807, 2.05) is 12.1 Å². The number of hydrogen-bond donors (Lipinski definition) is 2. The number of hydrogen-bond acceptors (Lipinski definition) is 3. The van der Waals surface area contributed by atoms with Crippen molar-refractivity contribution in [2.24, 2.45) is 0 Å². The lowest BCUT2D eigenvalue weighted by molar-refractivity contribution is 0.102. The number of carbonyl (C=O) groups is 1. The summed E-state index contributed by atoms with van der Waals surface area (Å²) < 4.78 is 0.868. The Morgan fingerprint density at radius 2 is 2.11 bits per heavy atom. The molecule has 0 spiro atoms. The number of nitrogens with two attached hydrogens (primary N) is 1. The molecule has 1 aromatic carbocycles. The van der Waals surface area contributed by atoms with Crippen molar-refractivity contribution in [3.63, 3.8) is 0 Å². The van der Waals surface area contributed by atoms with Crippen LogP contribution in [-0.2, 0) is 0 Å². The highest BCUT2D eigenvalue weighted by atomic mass is 79.9. The van der Waals surface area contributed by atoms with Crippen molar-refractivity contribution in [3.05, 3.63) is 51.6 Å². The number of nitrogens with zero attached hydrogens (tertiary/aromatic N) is 1. The minimum atomic E-state index is -0.398. The first-order valence-corrected chi connectivity index (χ1v) is 6.22. The van der Waals surface area contributed by atoms with Crippen LogP contribution in [0.1, 0.15) is 10.5 Å². The minimum Gasteiger partial charge on any atom is -0.384 e. The number of nitrogen functional groups attached to an aromatic ring is 1. The Morgan fingerprint density at radius 1 is 1.33 bits per heavy atom. The van der Waals surface area contributed by atoms with E-state index in [0.29, 0.717) is 5.69 Å². The molecule has 0 unspecified atom stereocenters. The smallest absolute Gasteiger partial charge is 0.275 e. The van der Waals surface area contributed by atoms with Crippen molar-refractivity contribution < 1.29 is 4.79 Å². The van der Waals surface area contributed by atoms with Gasteiger partial charge in [0.1, 0.15) is 11.5 Å². The van der Waals surface area contributed by atoms with Gasteiger partial charge < -0.3 is 11.1 Å². The van der Waals surface area contributed by atoms with Crippen molar-refractivity contribution in [2.45, 2.75) is 0 Å². The second kappa shape index (κ2) is 5.37. The van der Waals surface area contributed by atoms with Gasteiger partial charge in [0, 0.05) is 10.2 Å². The zero-order valence-corrected chi connectivity index (χ0v) is 11.5. The van der Waals surface area contributed by atoms with Crippen LogP contribution in [0.5, 0.6) is 0 Å². The van der Waals surface area contributed by atoms with E-state index in [-0.39, 0.29) is 16.5 Å². The molecule has 0 saturated heterocycles. The third-order valence-electron chi connectivity index (χ3n) is 2.17. The van der Waals surface area contributed by atoms with Gasteiger partial charge in [0.05, 0.1) is 5.02 Å². The summed E-state index contributed by atoms with van der Waals surface area (Å²) in [5.74, 6) is -0.149. The number of amides is 1. The van der Waals surface area contributed by atoms with E-state index in [9.17, 15) is 4.79 Å². The van der Waals surface area contributed by atoms with Crippen LogP contribution in [0.15, 0.2) is 40.9 Å². The standard InChI is InChI=1S/C12H9BrClN3O/c13-7-2-1-3-8(6-7)16-12(18)11-9(14)4-5-10(15)17-11/h1-6H,(H2,15,17)(H,16,18). The number of rotatable bonds is 2. The van der Waals surface area contributed by atoms with Gasteiger partial charge in [-0.05, 0) is 30.3 Å². The summed E-state index contributed by atoms with van der Waals surface area (Å²) in [6, 6.07) is 10.3. The Bertz CT molecular complexity index is 604. The molecule has 6 heteroatoms. The molecule has 0 bridgehead atoms. The number of anilines is 2. The Balaban J connectivity index is 2.24. The van der Waals surface area contributed by atoms with E-state index in [2.05, 4.69) is 26.2 Å². The Kier molecular flexibility index (Phi) is 3.84. The van der Waals surface area contributed by atoms with E-state index >= 15 is 0 Å². The van der Waals surface area contributed by atoms with Crippen LogP contribution in [0.3, 0.4) is 0 Å². The first-order valence-electron chi connectivity index (χ1n) is 5.05. The number of nitrogens with one attached hydrogen (secondary N) is 1. The molecule has 1 amide bonds. The van der Waals surface area contributed by atoms with E-state index in [1.54, 1.807) is 18.2 Å². The van der Waals surface area contributed by atoms with Gasteiger partial charge in [0.2, 0.25) is 0 Å². The number of halogens is 2. The molecule has 2 aromatic rings. The van der Waals surface area contributed by atoms with Crippen molar-refractivity contribution in [3.8, 4) is 0 Å². The molecule has 1 aromatic heterocycles. The average molecular weight is 327 g/mol. The van der Waals surface area contributed by atoms with Crippen molar-refractivity contribution in [1.29, 1.82) is 0 Å². The molecule has 4 nitrogen and oxygen atoms in total. The van der Waals surface area contributed by atoms with Crippen LogP contribution in [0, 0.1) is 0 Å². The van der Waals surface area contributed by atoms with Crippen LogP contribution in [-0.4, -0.2) is 10.9 Å². The topological polar surface area (TPSA) is 68.0 Å². The third-order valence-corrected chi connectivity index (χ3v) is 2.96. The number of benzene rings is 1. The predicted octanol–water partition coefficient (Wildman–Crippen LogP) is 3.33. The maximum absolute atomic E-state index is 12.0. The molecule has 0 fully saturated rings. The van der Waals surface area contributed by atoms with Gasteiger partial charge in [-0.3, -0.25) is 4.79 Å². The average Bonchev–Trinajstić information content (AvgIpc) is 2.32. The number of aromatic nitrogens is 1. The summed E-state index contributed by atoms with van der Waals surface area (Å²) in [4.78, 5) is 15.9. The molecule has 0 atom stereocenters. The Morgan fingerprint density at radius 3 is 2.83 bits per heavy atom. The molecule has 2 rings (SSSR count). The van der Waals surface area contributed by atoms with Crippen LogP contribution < -0.4 is 11.1 Å². The quantitative estimate of drug-likeness (QED) is 0.889. The SMILES string of the molecule is Nc1ccc(Cl)c(C(=O)Nc2cccc(Br)c2)n1. The summed E-state index contributed by atoms with van der Waals surface area (Å²) in [6.07, 6.45) is 0. The zero-order chi connectivity index (χ0) is 13.1. The minimum absolute atomic E-state index is 0.108. The van der Waals surface area contributed by atoms with Crippen LogP contribution >= 0.6 is 27.5 Å². The molecule has 0 aliphatic rings. The summed E-state index contributed by atoms with van der Waals surface area (Å²) >= 11 is 9.22. The molecular formula is C12H9BrClN3O. The first kappa shape index (κ1) is 12.9. The lowest BCUT2D eigenvalue weighted by Crippen LogP contribution is -2.15. The van der Waals surface area contributed by atoms with E-state index < -0.39 is 5.91 Å². The molecule has 0 aliphatic carbocycles. The Hall–Kier alpha value is -1.59. The number of pyridine rings is 1. The molecule has 0 radical (unpaired) electrons. The van der Waals surface area contributed by atoms with Crippen LogP contribution in [0.2, 0.25) is 5.02 Å². The first-order chi connectivity index (χ1) is 8.56. The van der Waals surface area contributed by atoms with E-state index in [4.69, 9.17) is 17.3 Å². The Labute approximate surface area is 117 Å². The molecular weight excluding hydrogens is 318 g/mol. The highest BCUT2D eigenvalue weighted by Crippen LogP contribution is 2.19. The van der Waals surface area contributed by atoms with Gasteiger partial charge in [-0.25, -0.2) is 4.98 Å². The fraction of sp³-hybridized carbons (Fsp3) is 0. The maximum Gasteiger partial charge on any atom is 0.275 e. The van der Waals surface area contributed by atoms with Gasteiger partial charge in [-0.2, -0.15) is 0 Å². The molecule has 3 N–H and O–H groups in total. The van der Waals surface area contributed by atoms with Gasteiger partial charge in [0.25, 0.3) is 5.91 Å². The molecule has 92 valence electrons. The third kappa shape index (κ3) is 3.00. The normalized spacial score (nSPS) is 10.1. The fourth-order valence-corrected chi connectivity index (χ4v) is 1.96. The van der Waals surface area contributed by atoms with Crippen molar-refractivity contribution >= 4 is 44.9 Å². The molecule has 0 aliphatic heterocycles. The highest BCUT2D eigenvalue weighted by molar-refractivity contribution is 9.10. The van der Waals surface area contributed by atoms with E-state index in [0.717, 1.165) is 4.47 Å². The van der Waals surface area contributed by atoms with Gasteiger partial charge in [0.15, 0.2) is 0 Å². The molecule has 18 heavy (non-hydrogen) atoms. The number of carbonyl (C=O) groups excluding carboxylic acids is 1. The maximum atomic E-state index is 12.0. The van der Waals surface area contributed by atoms with Gasteiger partial charge in [-0.15, -0.1) is 0 Å². The van der Waals surface area contributed by atoms with Gasteiger partial charge >= 0.3 is 0 Å². The summed E-state index contributed by atoms with van der Waals surface area (Å²) in [5.41, 5.74) is 6.28. The second-order valence-corrected chi connectivity index (χ2v) is 4.85. The molecule has 0 saturated carbocycles.